The van der Waals surface area contributed by atoms with E-state index >= 15 is 0 Å². The van der Waals surface area contributed by atoms with Crippen molar-refractivity contribution in [2.24, 2.45) is 11.8 Å². The van der Waals surface area contributed by atoms with Crippen LogP contribution in [0.25, 0.3) is 0 Å². The fraction of sp³-hybridized carbons (Fsp3) is 0.478. The number of amides is 2. The van der Waals surface area contributed by atoms with Crippen LogP contribution in [0.3, 0.4) is 0 Å². The van der Waals surface area contributed by atoms with Crippen LogP contribution in [0.4, 0.5) is 5.69 Å². The number of thiophene rings is 1. The molecule has 1 aliphatic rings. The smallest absolute Gasteiger partial charge is 0.262 e. The van der Waals surface area contributed by atoms with Crippen LogP contribution < -0.4 is 10.6 Å². The minimum absolute atomic E-state index is 0.0142. The van der Waals surface area contributed by atoms with E-state index in [-0.39, 0.29) is 17.7 Å². The first-order chi connectivity index (χ1) is 13.9. The van der Waals surface area contributed by atoms with Crippen molar-refractivity contribution in [3.8, 4) is 0 Å². The summed E-state index contributed by atoms with van der Waals surface area (Å²) in [5.74, 6) is 0.417. The highest BCUT2D eigenvalue weighted by Gasteiger charge is 2.25. The van der Waals surface area contributed by atoms with Crippen molar-refractivity contribution in [3.63, 3.8) is 0 Å². The fourth-order valence-electron chi connectivity index (χ4n) is 3.55. The Labute approximate surface area is 177 Å². The Balaban J connectivity index is 1.56. The second kappa shape index (κ2) is 10.0. The maximum absolute atomic E-state index is 12.8. The molecule has 0 unspecified atom stereocenters. The first kappa shape index (κ1) is 21.5. The molecule has 3 rings (SSSR count). The zero-order valence-corrected chi connectivity index (χ0v) is 18.3. The highest BCUT2D eigenvalue weighted by Crippen LogP contribution is 2.19. The second-order valence-corrected chi connectivity index (χ2v) is 9.26. The Morgan fingerprint density at radius 2 is 1.83 bits per heavy atom. The van der Waals surface area contributed by atoms with Crippen molar-refractivity contribution in [3.05, 3.63) is 52.2 Å². The molecule has 2 heterocycles. The second-order valence-electron chi connectivity index (χ2n) is 8.32. The van der Waals surface area contributed by atoms with Gasteiger partial charge in [0.05, 0.1) is 4.88 Å². The Hall–Kier alpha value is -2.18. The van der Waals surface area contributed by atoms with E-state index in [1.54, 1.807) is 6.07 Å². The SMILES string of the molecule is CC1CCN(Cc2ccc(NC(=O)[C@@H](NC(=O)c3cccs3)C(C)C)cc2)CC1. The van der Waals surface area contributed by atoms with Crippen molar-refractivity contribution in [1.29, 1.82) is 0 Å². The zero-order chi connectivity index (χ0) is 20.8. The minimum Gasteiger partial charge on any atom is -0.339 e. The number of nitrogens with zero attached hydrogens (tertiary/aromatic N) is 1. The molecule has 1 saturated heterocycles. The third kappa shape index (κ3) is 6.15. The Bertz CT molecular complexity index is 794. The molecule has 0 spiro atoms. The molecule has 0 saturated carbocycles. The number of likely N-dealkylation sites (tertiary alicyclic amines) is 1. The third-order valence-electron chi connectivity index (χ3n) is 5.48. The summed E-state index contributed by atoms with van der Waals surface area (Å²) < 4.78 is 0. The van der Waals surface area contributed by atoms with E-state index in [0.29, 0.717) is 4.88 Å². The molecule has 0 aliphatic carbocycles. The first-order valence-corrected chi connectivity index (χ1v) is 11.3. The van der Waals surface area contributed by atoms with Crippen LogP contribution in [0.15, 0.2) is 41.8 Å². The molecule has 1 atom stereocenters. The van der Waals surface area contributed by atoms with Gasteiger partial charge in [-0.1, -0.05) is 39.0 Å². The predicted molar refractivity (Wildman–Crippen MR) is 119 cm³/mol. The van der Waals surface area contributed by atoms with Crippen LogP contribution in [-0.4, -0.2) is 35.8 Å². The summed E-state index contributed by atoms with van der Waals surface area (Å²) in [5, 5.41) is 7.66. The monoisotopic (exact) mass is 413 g/mol. The van der Waals surface area contributed by atoms with Crippen LogP contribution in [0, 0.1) is 11.8 Å². The predicted octanol–water partition coefficient (Wildman–Crippen LogP) is 4.37. The van der Waals surface area contributed by atoms with Crippen LogP contribution in [-0.2, 0) is 11.3 Å². The van der Waals surface area contributed by atoms with E-state index in [9.17, 15) is 9.59 Å². The van der Waals surface area contributed by atoms with Gasteiger partial charge in [-0.15, -0.1) is 11.3 Å². The maximum atomic E-state index is 12.8. The number of hydrogen-bond donors (Lipinski definition) is 2. The molecule has 5 nitrogen and oxygen atoms in total. The molecule has 1 fully saturated rings. The fourth-order valence-corrected chi connectivity index (χ4v) is 4.17. The average Bonchev–Trinajstić information content (AvgIpc) is 3.24. The molecule has 2 N–H and O–H groups in total. The van der Waals surface area contributed by atoms with Crippen molar-refractivity contribution < 1.29 is 9.59 Å². The quantitative estimate of drug-likeness (QED) is 0.708. The Kier molecular flexibility index (Phi) is 7.45. The van der Waals surface area contributed by atoms with Gasteiger partial charge in [0, 0.05) is 12.2 Å². The number of carbonyl (C=O) groups is 2. The molecular formula is C23H31N3O2S. The molecule has 6 heteroatoms. The van der Waals surface area contributed by atoms with Gasteiger partial charge in [0.1, 0.15) is 6.04 Å². The third-order valence-corrected chi connectivity index (χ3v) is 6.35. The average molecular weight is 414 g/mol. The largest absolute Gasteiger partial charge is 0.339 e. The molecule has 156 valence electrons. The number of hydrogen-bond acceptors (Lipinski definition) is 4. The van der Waals surface area contributed by atoms with Crippen LogP contribution in [0.5, 0.6) is 0 Å². The summed E-state index contributed by atoms with van der Waals surface area (Å²) in [5.41, 5.74) is 2.01. The lowest BCUT2D eigenvalue weighted by Gasteiger charge is -2.30. The lowest BCUT2D eigenvalue weighted by molar-refractivity contribution is -0.118. The molecular weight excluding hydrogens is 382 g/mol. The molecule has 0 radical (unpaired) electrons. The van der Waals surface area contributed by atoms with Gasteiger partial charge in [-0.25, -0.2) is 0 Å². The highest BCUT2D eigenvalue weighted by molar-refractivity contribution is 7.12. The van der Waals surface area contributed by atoms with Crippen molar-refractivity contribution in [2.75, 3.05) is 18.4 Å². The van der Waals surface area contributed by atoms with E-state index in [1.165, 1.54) is 29.7 Å². The van der Waals surface area contributed by atoms with Gasteiger partial charge < -0.3 is 10.6 Å². The van der Waals surface area contributed by atoms with E-state index in [1.807, 2.05) is 37.4 Å². The van der Waals surface area contributed by atoms with Crippen LogP contribution in [0.1, 0.15) is 48.8 Å². The number of benzene rings is 1. The summed E-state index contributed by atoms with van der Waals surface area (Å²) in [7, 11) is 0. The lowest BCUT2D eigenvalue weighted by atomic mass is 9.99. The summed E-state index contributed by atoms with van der Waals surface area (Å²) in [6, 6.07) is 11.0. The van der Waals surface area contributed by atoms with Crippen molar-refractivity contribution in [1.82, 2.24) is 10.2 Å². The summed E-state index contributed by atoms with van der Waals surface area (Å²) in [4.78, 5) is 28.2. The number of rotatable bonds is 7. The van der Waals surface area contributed by atoms with Crippen molar-refractivity contribution in [2.45, 2.75) is 46.2 Å². The zero-order valence-electron chi connectivity index (χ0n) is 17.5. The van der Waals surface area contributed by atoms with Gasteiger partial charge in [-0.2, -0.15) is 0 Å². The van der Waals surface area contributed by atoms with Gasteiger partial charge in [0.2, 0.25) is 5.91 Å². The topological polar surface area (TPSA) is 61.4 Å². The van der Waals surface area contributed by atoms with Gasteiger partial charge in [0.15, 0.2) is 0 Å². The lowest BCUT2D eigenvalue weighted by Crippen LogP contribution is -2.46. The van der Waals surface area contributed by atoms with Crippen LogP contribution in [0.2, 0.25) is 0 Å². The Morgan fingerprint density at radius 3 is 2.41 bits per heavy atom. The molecule has 1 aromatic carbocycles. The molecule has 2 amide bonds. The van der Waals surface area contributed by atoms with E-state index in [2.05, 4.69) is 34.6 Å². The Morgan fingerprint density at radius 1 is 1.14 bits per heavy atom. The summed E-state index contributed by atoms with van der Waals surface area (Å²) >= 11 is 1.37. The van der Waals surface area contributed by atoms with Crippen molar-refractivity contribution >= 4 is 28.8 Å². The summed E-state index contributed by atoms with van der Waals surface area (Å²) in [6.07, 6.45) is 2.53. The van der Waals surface area contributed by atoms with Gasteiger partial charge in [-0.3, -0.25) is 14.5 Å². The standard InChI is InChI=1S/C23H31N3O2S/c1-16(2)21(25-22(27)20-5-4-14-29-20)23(28)24-19-8-6-18(7-9-19)15-26-12-10-17(3)11-13-26/h4-9,14,16-17,21H,10-13,15H2,1-3H3,(H,24,28)(H,25,27)/t21-/m0/s1. The van der Waals surface area contributed by atoms with Crippen LogP contribution >= 0.6 is 11.3 Å². The molecule has 1 aliphatic heterocycles. The van der Waals surface area contributed by atoms with E-state index < -0.39 is 6.04 Å². The summed E-state index contributed by atoms with van der Waals surface area (Å²) in [6.45, 7) is 9.44. The number of piperidine rings is 1. The van der Waals surface area contributed by atoms with E-state index in [4.69, 9.17) is 0 Å². The first-order valence-electron chi connectivity index (χ1n) is 10.4. The van der Waals surface area contributed by atoms with Gasteiger partial charge in [0.25, 0.3) is 5.91 Å². The van der Waals surface area contributed by atoms with Gasteiger partial charge >= 0.3 is 0 Å². The number of carbonyl (C=O) groups excluding carboxylic acids is 2. The maximum Gasteiger partial charge on any atom is 0.262 e. The van der Waals surface area contributed by atoms with E-state index in [0.717, 1.165) is 31.2 Å². The number of anilines is 1. The molecule has 29 heavy (non-hydrogen) atoms. The van der Waals surface area contributed by atoms with Gasteiger partial charge in [-0.05, 0) is 66.9 Å². The normalized spacial score (nSPS) is 16.6. The highest BCUT2D eigenvalue weighted by atomic mass is 32.1. The molecule has 2 aromatic rings. The number of nitrogens with one attached hydrogen (secondary N) is 2. The molecule has 1 aromatic heterocycles. The minimum atomic E-state index is -0.584. The molecule has 0 bridgehead atoms.